The first kappa shape index (κ1) is 15.0. The molecule has 0 aromatic heterocycles. The lowest BCUT2D eigenvalue weighted by molar-refractivity contribution is -0.140. The van der Waals surface area contributed by atoms with Crippen molar-refractivity contribution in [2.24, 2.45) is 0 Å². The number of hydrogen-bond acceptors (Lipinski definition) is 1. The lowest BCUT2D eigenvalue weighted by atomic mass is 10.1. The van der Waals surface area contributed by atoms with Crippen molar-refractivity contribution >= 4 is 5.91 Å². The Hall–Kier alpha value is -2.03. The number of hydrogen-bond donors (Lipinski definition) is 0. The summed E-state index contributed by atoms with van der Waals surface area (Å²) in [5.41, 5.74) is -1.71. The molecule has 1 amide bonds. The number of alkyl halides is 3. The fourth-order valence-electron chi connectivity index (χ4n) is 1.50. The number of amides is 1. The van der Waals surface area contributed by atoms with Crippen LogP contribution in [0.15, 0.2) is 18.2 Å². The van der Waals surface area contributed by atoms with E-state index in [1.165, 1.54) is 4.90 Å². The van der Waals surface area contributed by atoms with Crippen LogP contribution < -0.4 is 0 Å². The fraction of sp³-hybridized carbons (Fsp3) is 0.308. The van der Waals surface area contributed by atoms with Gasteiger partial charge in [0, 0.05) is 12.1 Å². The highest BCUT2D eigenvalue weighted by Gasteiger charge is 2.34. The minimum absolute atomic E-state index is 0.0198. The van der Waals surface area contributed by atoms with Gasteiger partial charge in [0.15, 0.2) is 0 Å². The van der Waals surface area contributed by atoms with Gasteiger partial charge in [0.2, 0.25) is 0 Å². The van der Waals surface area contributed by atoms with Gasteiger partial charge in [-0.05, 0) is 25.1 Å². The molecule has 0 bridgehead atoms. The van der Waals surface area contributed by atoms with Crippen molar-refractivity contribution in [3.8, 4) is 12.3 Å². The standard InChI is InChI=1S/C13H11F4NO/c1-3-7-18(4-2)12(19)9-5-6-11(14)10(8-9)13(15,16)17/h1,5-6,8H,4,7H2,2H3. The SMILES string of the molecule is C#CCN(CC)C(=O)c1ccc(F)c(C(F)(F)F)c1. The van der Waals surface area contributed by atoms with Crippen LogP contribution in [0.25, 0.3) is 0 Å². The van der Waals surface area contributed by atoms with E-state index in [2.05, 4.69) is 5.92 Å². The summed E-state index contributed by atoms with van der Waals surface area (Å²) in [5, 5.41) is 0. The van der Waals surface area contributed by atoms with Crippen LogP contribution in [0.2, 0.25) is 0 Å². The molecule has 0 fully saturated rings. The minimum atomic E-state index is -4.84. The molecule has 102 valence electrons. The van der Waals surface area contributed by atoms with Crippen molar-refractivity contribution in [3.63, 3.8) is 0 Å². The second-order valence-electron chi connectivity index (χ2n) is 3.72. The molecule has 1 rings (SSSR count). The van der Waals surface area contributed by atoms with Gasteiger partial charge in [0.25, 0.3) is 5.91 Å². The van der Waals surface area contributed by atoms with E-state index in [1.54, 1.807) is 6.92 Å². The molecule has 0 atom stereocenters. The van der Waals surface area contributed by atoms with Crippen LogP contribution in [0.1, 0.15) is 22.8 Å². The summed E-state index contributed by atoms with van der Waals surface area (Å²) in [7, 11) is 0. The fourth-order valence-corrected chi connectivity index (χ4v) is 1.50. The Morgan fingerprint density at radius 2 is 2.05 bits per heavy atom. The van der Waals surface area contributed by atoms with E-state index in [0.717, 1.165) is 6.07 Å². The average molecular weight is 273 g/mol. The predicted molar refractivity (Wildman–Crippen MR) is 61.8 cm³/mol. The topological polar surface area (TPSA) is 20.3 Å². The zero-order chi connectivity index (χ0) is 14.6. The molecule has 19 heavy (non-hydrogen) atoms. The van der Waals surface area contributed by atoms with Crippen LogP contribution in [-0.2, 0) is 6.18 Å². The molecular weight excluding hydrogens is 262 g/mol. The molecule has 0 unspecified atom stereocenters. The van der Waals surface area contributed by atoms with Crippen LogP contribution in [0.4, 0.5) is 17.6 Å². The monoisotopic (exact) mass is 273 g/mol. The smallest absolute Gasteiger partial charge is 0.328 e. The third-order valence-electron chi connectivity index (χ3n) is 2.47. The Kier molecular flexibility index (Phi) is 4.54. The highest BCUT2D eigenvalue weighted by atomic mass is 19.4. The molecule has 6 heteroatoms. The maximum Gasteiger partial charge on any atom is 0.419 e. The second-order valence-corrected chi connectivity index (χ2v) is 3.72. The largest absolute Gasteiger partial charge is 0.419 e. The first-order valence-electron chi connectivity index (χ1n) is 5.40. The van der Waals surface area contributed by atoms with E-state index in [4.69, 9.17) is 6.42 Å². The summed E-state index contributed by atoms with van der Waals surface area (Å²) >= 11 is 0. The van der Waals surface area contributed by atoms with Gasteiger partial charge in [0.1, 0.15) is 5.82 Å². The maximum absolute atomic E-state index is 13.1. The lowest BCUT2D eigenvalue weighted by Crippen LogP contribution is -2.31. The quantitative estimate of drug-likeness (QED) is 0.612. The zero-order valence-electron chi connectivity index (χ0n) is 10.1. The first-order chi connectivity index (χ1) is 8.81. The number of halogens is 4. The van der Waals surface area contributed by atoms with Gasteiger partial charge in [-0.15, -0.1) is 6.42 Å². The lowest BCUT2D eigenvalue weighted by Gasteiger charge is -2.18. The van der Waals surface area contributed by atoms with E-state index in [-0.39, 0.29) is 18.7 Å². The minimum Gasteiger partial charge on any atom is -0.328 e. The summed E-state index contributed by atoms with van der Waals surface area (Å²) in [6.45, 7) is 1.87. The molecule has 0 heterocycles. The van der Waals surface area contributed by atoms with Crippen LogP contribution in [0.3, 0.4) is 0 Å². The molecule has 0 radical (unpaired) electrons. The van der Waals surface area contributed by atoms with Crippen molar-refractivity contribution < 1.29 is 22.4 Å². The third-order valence-corrected chi connectivity index (χ3v) is 2.47. The van der Waals surface area contributed by atoms with Crippen molar-refractivity contribution in [1.29, 1.82) is 0 Å². The van der Waals surface area contributed by atoms with E-state index in [9.17, 15) is 22.4 Å². The van der Waals surface area contributed by atoms with E-state index in [0.29, 0.717) is 12.1 Å². The van der Waals surface area contributed by atoms with Crippen molar-refractivity contribution in [2.45, 2.75) is 13.1 Å². The molecule has 0 saturated carbocycles. The van der Waals surface area contributed by atoms with Gasteiger partial charge in [-0.3, -0.25) is 4.79 Å². The predicted octanol–water partition coefficient (Wildman–Crippen LogP) is 2.94. The molecule has 0 saturated heterocycles. The van der Waals surface area contributed by atoms with Crippen molar-refractivity contribution in [3.05, 3.63) is 35.1 Å². The Bertz CT molecular complexity index is 516. The van der Waals surface area contributed by atoms with Crippen molar-refractivity contribution in [2.75, 3.05) is 13.1 Å². The number of rotatable bonds is 3. The third kappa shape index (κ3) is 3.47. The molecule has 0 spiro atoms. The highest BCUT2D eigenvalue weighted by molar-refractivity contribution is 5.94. The molecular formula is C13H11F4NO. The van der Waals surface area contributed by atoms with Crippen LogP contribution in [0, 0.1) is 18.2 Å². The van der Waals surface area contributed by atoms with Crippen molar-refractivity contribution in [1.82, 2.24) is 4.90 Å². The Morgan fingerprint density at radius 3 is 2.53 bits per heavy atom. The van der Waals surface area contributed by atoms with Gasteiger partial charge >= 0.3 is 6.18 Å². The molecule has 0 aliphatic rings. The van der Waals surface area contributed by atoms with Gasteiger partial charge in [-0.2, -0.15) is 13.2 Å². The number of terminal acetylenes is 1. The van der Waals surface area contributed by atoms with Crippen LogP contribution in [0.5, 0.6) is 0 Å². The number of nitrogens with zero attached hydrogens (tertiary/aromatic N) is 1. The summed E-state index contributed by atoms with van der Waals surface area (Å²) in [6, 6.07) is 2.13. The number of benzene rings is 1. The highest BCUT2D eigenvalue weighted by Crippen LogP contribution is 2.32. The van der Waals surface area contributed by atoms with Crippen LogP contribution in [-0.4, -0.2) is 23.9 Å². The van der Waals surface area contributed by atoms with E-state index < -0.39 is 23.5 Å². The number of carbonyl (C=O) groups excluding carboxylic acids is 1. The van der Waals surface area contributed by atoms with Gasteiger partial charge in [0.05, 0.1) is 12.1 Å². The summed E-state index contributed by atoms with van der Waals surface area (Å²) in [5.74, 6) is 0.160. The number of carbonyl (C=O) groups is 1. The van der Waals surface area contributed by atoms with Crippen LogP contribution >= 0.6 is 0 Å². The normalized spacial score (nSPS) is 10.9. The van der Waals surface area contributed by atoms with Gasteiger partial charge in [-0.25, -0.2) is 4.39 Å². The van der Waals surface area contributed by atoms with E-state index in [1.807, 2.05) is 0 Å². The average Bonchev–Trinajstić information content (AvgIpc) is 2.34. The summed E-state index contributed by atoms with van der Waals surface area (Å²) < 4.78 is 50.7. The van der Waals surface area contributed by atoms with E-state index >= 15 is 0 Å². The second kappa shape index (κ2) is 5.74. The molecule has 1 aromatic carbocycles. The van der Waals surface area contributed by atoms with Gasteiger partial charge < -0.3 is 4.90 Å². The summed E-state index contributed by atoms with van der Waals surface area (Å²) in [4.78, 5) is 13.1. The molecule has 0 aliphatic carbocycles. The maximum atomic E-state index is 13.1. The van der Waals surface area contributed by atoms with Gasteiger partial charge in [-0.1, -0.05) is 5.92 Å². The Morgan fingerprint density at radius 1 is 1.42 bits per heavy atom. The molecule has 0 aliphatic heterocycles. The molecule has 0 N–H and O–H groups in total. The Balaban J connectivity index is 3.16. The molecule has 2 nitrogen and oxygen atoms in total. The molecule has 1 aromatic rings. The Labute approximate surface area is 108 Å². The first-order valence-corrected chi connectivity index (χ1v) is 5.40. The summed E-state index contributed by atoms with van der Waals surface area (Å²) in [6.07, 6.45) is 0.217. The zero-order valence-corrected chi connectivity index (χ0v) is 10.1.